The molecule has 2 nitrogen and oxygen atoms in total. The number of nitrogens with zero attached hydrogens (tertiary/aromatic N) is 1. The zero-order valence-electron chi connectivity index (χ0n) is 27.1. The monoisotopic (exact) mass is 625 g/mol. The number of rotatable bonds is 2. The quantitative estimate of drug-likeness (QED) is 0.175. The molecule has 0 saturated carbocycles. The lowest BCUT2D eigenvalue weighted by Crippen LogP contribution is -2.04. The lowest BCUT2D eigenvalue weighted by Gasteiger charge is -2.20. The zero-order chi connectivity index (χ0) is 32.2. The Morgan fingerprint density at radius 3 is 2.18 bits per heavy atom. The van der Waals surface area contributed by atoms with Gasteiger partial charge in [0.05, 0.1) is 16.7 Å². The van der Waals surface area contributed by atoms with E-state index in [0.29, 0.717) is 5.92 Å². The van der Waals surface area contributed by atoms with E-state index in [1.807, 2.05) is 6.07 Å². The van der Waals surface area contributed by atoms with E-state index in [-0.39, 0.29) is 0 Å². The fourth-order valence-corrected chi connectivity index (χ4v) is 8.51. The molecule has 10 aromatic rings. The summed E-state index contributed by atoms with van der Waals surface area (Å²) in [4.78, 5) is 0. The maximum absolute atomic E-state index is 6.48. The third kappa shape index (κ3) is 3.89. The van der Waals surface area contributed by atoms with Crippen molar-refractivity contribution in [3.05, 3.63) is 157 Å². The Morgan fingerprint density at radius 2 is 1.27 bits per heavy atom. The Labute approximate surface area is 283 Å². The van der Waals surface area contributed by atoms with Crippen molar-refractivity contribution in [2.45, 2.75) is 13.3 Å². The topological polar surface area (TPSA) is 18.1 Å². The Kier molecular flexibility index (Phi) is 5.46. The average Bonchev–Trinajstić information content (AvgIpc) is 3.68. The van der Waals surface area contributed by atoms with Gasteiger partial charge in [-0.1, -0.05) is 110 Å². The molecule has 49 heavy (non-hydrogen) atoms. The maximum atomic E-state index is 6.48. The van der Waals surface area contributed by atoms with E-state index in [1.54, 1.807) is 0 Å². The molecule has 0 radical (unpaired) electrons. The molecule has 8 aromatic carbocycles. The van der Waals surface area contributed by atoms with Crippen molar-refractivity contribution < 1.29 is 4.42 Å². The molecule has 1 aliphatic rings. The molecule has 1 atom stereocenters. The first-order valence-corrected chi connectivity index (χ1v) is 17.2. The second kappa shape index (κ2) is 9.95. The zero-order valence-corrected chi connectivity index (χ0v) is 27.1. The van der Waals surface area contributed by atoms with Crippen LogP contribution in [0.15, 0.2) is 150 Å². The van der Waals surface area contributed by atoms with E-state index in [9.17, 15) is 0 Å². The third-order valence-electron chi connectivity index (χ3n) is 10.8. The summed E-state index contributed by atoms with van der Waals surface area (Å²) in [5.74, 6) is 0.547. The van der Waals surface area contributed by atoms with Gasteiger partial charge < -0.3 is 8.98 Å². The first-order valence-electron chi connectivity index (χ1n) is 17.2. The molecule has 0 fully saturated rings. The number of hydrogen-bond acceptors (Lipinski definition) is 1. The van der Waals surface area contributed by atoms with E-state index >= 15 is 0 Å². The molecule has 2 aromatic heterocycles. The number of fused-ring (bicyclic) bond motifs is 10. The first-order chi connectivity index (χ1) is 24.2. The van der Waals surface area contributed by atoms with Crippen LogP contribution in [0.4, 0.5) is 0 Å². The van der Waals surface area contributed by atoms with Crippen molar-refractivity contribution in [1.29, 1.82) is 0 Å². The summed E-state index contributed by atoms with van der Waals surface area (Å²) in [5, 5.41) is 12.4. The predicted octanol–water partition coefficient (Wildman–Crippen LogP) is 13.0. The summed E-state index contributed by atoms with van der Waals surface area (Å²) in [6.07, 6.45) is 5.75. The first kappa shape index (κ1) is 26.9. The standard InChI is InChI=1S/C47H31NO/c1-28-17-18-31-26-41-35(23-33(31)21-28)24-34-22-29-9-2-3-10-30(29)25-40(34)46(41)48-43-15-6-4-11-37(43)42-27-32(19-20-44(42)48)36-13-8-14-39-38-12-5-7-16-45(38)49-47(36)39/h2-20,22-28H,21H2,1H3. The van der Waals surface area contributed by atoms with Gasteiger partial charge in [-0.2, -0.15) is 0 Å². The largest absolute Gasteiger partial charge is 0.455 e. The van der Waals surface area contributed by atoms with Gasteiger partial charge in [-0.25, -0.2) is 0 Å². The molecule has 0 aliphatic heterocycles. The highest BCUT2D eigenvalue weighted by molar-refractivity contribution is 6.18. The van der Waals surface area contributed by atoms with Crippen LogP contribution in [-0.2, 0) is 6.42 Å². The van der Waals surface area contributed by atoms with Gasteiger partial charge in [0, 0.05) is 37.9 Å². The Hall–Kier alpha value is -6.12. The Morgan fingerprint density at radius 1 is 0.551 bits per heavy atom. The van der Waals surface area contributed by atoms with Crippen LogP contribution in [0.3, 0.4) is 0 Å². The second-order valence-electron chi connectivity index (χ2n) is 13.8. The van der Waals surface area contributed by atoms with Gasteiger partial charge in [-0.3, -0.25) is 0 Å². The van der Waals surface area contributed by atoms with Crippen LogP contribution in [0.5, 0.6) is 0 Å². The van der Waals surface area contributed by atoms with E-state index in [1.165, 1.54) is 70.9 Å². The van der Waals surface area contributed by atoms with E-state index in [0.717, 1.165) is 39.5 Å². The van der Waals surface area contributed by atoms with Crippen LogP contribution >= 0.6 is 0 Å². The highest BCUT2D eigenvalue weighted by Crippen LogP contribution is 2.43. The van der Waals surface area contributed by atoms with E-state index < -0.39 is 0 Å². The van der Waals surface area contributed by atoms with Crippen molar-refractivity contribution in [3.8, 4) is 16.8 Å². The fraction of sp³-hybridized carbons (Fsp3) is 0.0638. The molecule has 1 unspecified atom stereocenters. The van der Waals surface area contributed by atoms with Crippen LogP contribution in [0.25, 0.3) is 99.0 Å². The third-order valence-corrected chi connectivity index (χ3v) is 10.8. The van der Waals surface area contributed by atoms with Crippen LogP contribution in [0.2, 0.25) is 0 Å². The van der Waals surface area contributed by atoms with Gasteiger partial charge in [0.2, 0.25) is 0 Å². The summed E-state index contributed by atoms with van der Waals surface area (Å²) in [6.45, 7) is 2.31. The van der Waals surface area contributed by atoms with Crippen LogP contribution < -0.4 is 0 Å². The number of allylic oxidation sites excluding steroid dienone is 1. The molecule has 0 spiro atoms. The molecule has 0 bridgehead atoms. The Bertz CT molecular complexity index is 3040. The smallest absolute Gasteiger partial charge is 0.143 e. The summed E-state index contributed by atoms with van der Waals surface area (Å²) >= 11 is 0. The highest BCUT2D eigenvalue weighted by atomic mass is 16.3. The molecular weight excluding hydrogens is 595 g/mol. The number of para-hydroxylation sites is 3. The minimum absolute atomic E-state index is 0.547. The lowest BCUT2D eigenvalue weighted by atomic mass is 9.87. The SMILES string of the molecule is CC1C=Cc2cc3c(-n4c5ccccc5c5cc(-c6cccc7c6oc6ccccc67)ccc54)c4cc5ccccc5cc4cc3cc2C1. The summed E-state index contributed by atoms with van der Waals surface area (Å²) in [7, 11) is 0. The van der Waals surface area contributed by atoms with Gasteiger partial charge in [0.15, 0.2) is 0 Å². The lowest BCUT2D eigenvalue weighted by molar-refractivity contribution is 0.670. The van der Waals surface area contributed by atoms with Crippen LogP contribution in [0.1, 0.15) is 18.1 Å². The molecule has 11 rings (SSSR count). The maximum Gasteiger partial charge on any atom is 0.143 e. The van der Waals surface area contributed by atoms with Gasteiger partial charge >= 0.3 is 0 Å². The minimum Gasteiger partial charge on any atom is -0.455 e. The minimum atomic E-state index is 0.547. The Balaban J connectivity index is 1.25. The van der Waals surface area contributed by atoms with E-state index in [4.69, 9.17) is 4.42 Å². The molecule has 2 heterocycles. The fourth-order valence-electron chi connectivity index (χ4n) is 8.51. The van der Waals surface area contributed by atoms with Crippen LogP contribution in [0, 0.1) is 5.92 Å². The number of furan rings is 1. The number of hydrogen-bond donors (Lipinski definition) is 0. The normalized spacial score (nSPS) is 14.7. The molecule has 1 aliphatic carbocycles. The van der Waals surface area contributed by atoms with Crippen molar-refractivity contribution in [2.75, 3.05) is 0 Å². The summed E-state index contributed by atoms with van der Waals surface area (Å²) in [5.41, 5.74) is 10.5. The van der Waals surface area contributed by atoms with E-state index in [2.05, 4.69) is 157 Å². The molecule has 2 heteroatoms. The van der Waals surface area contributed by atoms with Crippen molar-refractivity contribution in [1.82, 2.24) is 4.57 Å². The van der Waals surface area contributed by atoms with Gasteiger partial charge in [-0.05, 0) is 99.1 Å². The molecule has 0 amide bonds. The predicted molar refractivity (Wildman–Crippen MR) is 208 cm³/mol. The summed E-state index contributed by atoms with van der Waals surface area (Å²) in [6, 6.07) is 51.5. The van der Waals surface area contributed by atoms with Gasteiger partial charge in [-0.15, -0.1) is 0 Å². The van der Waals surface area contributed by atoms with Crippen LogP contribution in [-0.4, -0.2) is 4.57 Å². The van der Waals surface area contributed by atoms with Crippen molar-refractivity contribution >= 4 is 82.1 Å². The highest BCUT2D eigenvalue weighted by Gasteiger charge is 2.21. The van der Waals surface area contributed by atoms with Crippen molar-refractivity contribution in [3.63, 3.8) is 0 Å². The molecule has 230 valence electrons. The number of benzene rings is 8. The molecule has 0 N–H and O–H groups in total. The van der Waals surface area contributed by atoms with Gasteiger partial charge in [0.25, 0.3) is 0 Å². The average molecular weight is 626 g/mol. The molecule has 0 saturated heterocycles. The van der Waals surface area contributed by atoms with Gasteiger partial charge in [0.1, 0.15) is 11.2 Å². The number of aromatic nitrogens is 1. The second-order valence-corrected chi connectivity index (χ2v) is 13.8. The molecular formula is C47H31NO. The van der Waals surface area contributed by atoms with Crippen molar-refractivity contribution in [2.24, 2.45) is 5.92 Å². The summed E-state index contributed by atoms with van der Waals surface area (Å²) < 4.78 is 9.01.